The molecule has 0 spiro atoms. The molecule has 1 aromatic heterocycles. The molecule has 0 amide bonds. The standard InChI is InChI=1S/C17H11F3O2S/c18-17(19,20)10-22-14-6-5-12(7-13(14)9-21)16-8-11-3-1-2-4-15(11)23-16/h1-9H,10H2. The highest BCUT2D eigenvalue weighted by molar-refractivity contribution is 7.22. The lowest BCUT2D eigenvalue weighted by molar-refractivity contribution is -0.153. The minimum absolute atomic E-state index is 0.0674. The van der Waals surface area contributed by atoms with Crippen molar-refractivity contribution in [2.45, 2.75) is 6.18 Å². The first kappa shape index (κ1) is 15.6. The average Bonchev–Trinajstić information content (AvgIpc) is 2.96. The monoisotopic (exact) mass is 336 g/mol. The van der Waals surface area contributed by atoms with Gasteiger partial charge in [-0.05, 0) is 41.3 Å². The van der Waals surface area contributed by atoms with Crippen LogP contribution >= 0.6 is 11.3 Å². The third-order valence-corrected chi connectivity index (χ3v) is 4.40. The van der Waals surface area contributed by atoms with Gasteiger partial charge in [-0.25, -0.2) is 0 Å². The Hall–Kier alpha value is -2.34. The molecule has 0 fully saturated rings. The summed E-state index contributed by atoms with van der Waals surface area (Å²) in [6.45, 7) is -1.42. The van der Waals surface area contributed by atoms with Crippen molar-refractivity contribution in [1.29, 1.82) is 0 Å². The number of rotatable bonds is 4. The molecule has 3 rings (SSSR count). The van der Waals surface area contributed by atoms with Gasteiger partial charge >= 0.3 is 6.18 Å². The van der Waals surface area contributed by atoms with Gasteiger partial charge in [0, 0.05) is 9.58 Å². The molecular weight excluding hydrogens is 325 g/mol. The van der Waals surface area contributed by atoms with Crippen LogP contribution in [-0.2, 0) is 0 Å². The largest absolute Gasteiger partial charge is 0.483 e. The van der Waals surface area contributed by atoms with Gasteiger partial charge in [-0.1, -0.05) is 18.2 Å². The fourth-order valence-electron chi connectivity index (χ4n) is 2.21. The van der Waals surface area contributed by atoms with Gasteiger partial charge in [0.25, 0.3) is 0 Å². The van der Waals surface area contributed by atoms with E-state index in [0.717, 1.165) is 20.5 Å². The number of halogens is 3. The zero-order valence-electron chi connectivity index (χ0n) is 11.8. The first-order chi connectivity index (χ1) is 11.0. The van der Waals surface area contributed by atoms with Gasteiger partial charge in [-0.3, -0.25) is 4.79 Å². The van der Waals surface area contributed by atoms with E-state index in [2.05, 4.69) is 4.74 Å². The summed E-state index contributed by atoms with van der Waals surface area (Å²) in [7, 11) is 0. The van der Waals surface area contributed by atoms with Crippen molar-refractivity contribution in [1.82, 2.24) is 0 Å². The molecule has 23 heavy (non-hydrogen) atoms. The summed E-state index contributed by atoms with van der Waals surface area (Å²) in [5.74, 6) is -0.0674. The van der Waals surface area contributed by atoms with Crippen molar-refractivity contribution in [3.63, 3.8) is 0 Å². The summed E-state index contributed by atoms with van der Waals surface area (Å²) in [6.07, 6.45) is -3.94. The van der Waals surface area contributed by atoms with E-state index in [0.29, 0.717) is 6.29 Å². The number of alkyl halides is 3. The Labute approximate surface area is 134 Å². The predicted octanol–water partition coefficient (Wildman–Crippen LogP) is 5.32. The number of benzene rings is 2. The zero-order chi connectivity index (χ0) is 16.4. The summed E-state index contributed by atoms with van der Waals surface area (Å²) in [5.41, 5.74) is 0.872. The maximum atomic E-state index is 12.2. The number of carbonyl (C=O) groups excluding carboxylic acids is 1. The average molecular weight is 336 g/mol. The molecule has 0 bridgehead atoms. The van der Waals surface area contributed by atoms with Crippen LogP contribution in [0.3, 0.4) is 0 Å². The van der Waals surface area contributed by atoms with Crippen molar-refractivity contribution < 1.29 is 22.7 Å². The van der Waals surface area contributed by atoms with E-state index in [1.54, 1.807) is 23.5 Å². The van der Waals surface area contributed by atoms with Crippen LogP contribution in [0.15, 0.2) is 48.5 Å². The van der Waals surface area contributed by atoms with E-state index in [1.807, 2.05) is 30.3 Å². The maximum Gasteiger partial charge on any atom is 0.422 e. The normalized spacial score (nSPS) is 11.6. The molecule has 0 saturated carbocycles. The molecule has 0 saturated heterocycles. The van der Waals surface area contributed by atoms with Gasteiger partial charge < -0.3 is 4.74 Å². The Balaban J connectivity index is 1.93. The van der Waals surface area contributed by atoms with Crippen LogP contribution in [-0.4, -0.2) is 19.1 Å². The third-order valence-electron chi connectivity index (χ3n) is 3.24. The molecule has 6 heteroatoms. The molecule has 0 atom stereocenters. The smallest absolute Gasteiger partial charge is 0.422 e. The third kappa shape index (κ3) is 3.53. The van der Waals surface area contributed by atoms with Gasteiger partial charge in [0.05, 0.1) is 5.56 Å². The number of hydrogen-bond donors (Lipinski definition) is 0. The van der Waals surface area contributed by atoms with Gasteiger partial charge in [0.15, 0.2) is 12.9 Å². The van der Waals surface area contributed by atoms with Crippen LogP contribution in [0.2, 0.25) is 0 Å². The Bertz CT molecular complexity index is 819. The first-order valence-corrected chi connectivity index (χ1v) is 7.56. The molecule has 0 aliphatic carbocycles. The summed E-state index contributed by atoms with van der Waals surface area (Å²) < 4.78 is 42.5. The maximum absolute atomic E-state index is 12.2. The zero-order valence-corrected chi connectivity index (χ0v) is 12.6. The van der Waals surface area contributed by atoms with Crippen LogP contribution in [0.1, 0.15) is 10.4 Å². The second-order valence-electron chi connectivity index (χ2n) is 4.92. The fraction of sp³-hybridized carbons (Fsp3) is 0.118. The molecule has 1 heterocycles. The highest BCUT2D eigenvalue weighted by Gasteiger charge is 2.28. The minimum Gasteiger partial charge on any atom is -0.483 e. The molecule has 2 aromatic carbocycles. The molecule has 0 radical (unpaired) electrons. The van der Waals surface area contributed by atoms with Gasteiger partial charge in [-0.2, -0.15) is 13.2 Å². The summed E-state index contributed by atoms with van der Waals surface area (Å²) in [6, 6.07) is 14.4. The topological polar surface area (TPSA) is 26.3 Å². The van der Waals surface area contributed by atoms with Gasteiger partial charge in [0.1, 0.15) is 5.75 Å². The van der Waals surface area contributed by atoms with Gasteiger partial charge in [-0.15, -0.1) is 11.3 Å². The van der Waals surface area contributed by atoms with Crippen molar-refractivity contribution in [3.8, 4) is 16.2 Å². The lowest BCUT2D eigenvalue weighted by Gasteiger charge is -2.11. The van der Waals surface area contributed by atoms with E-state index < -0.39 is 12.8 Å². The molecule has 118 valence electrons. The Morgan fingerprint density at radius 2 is 1.87 bits per heavy atom. The minimum atomic E-state index is -4.44. The first-order valence-electron chi connectivity index (χ1n) is 6.74. The fourth-order valence-corrected chi connectivity index (χ4v) is 3.27. The van der Waals surface area contributed by atoms with Crippen LogP contribution < -0.4 is 4.74 Å². The SMILES string of the molecule is O=Cc1cc(-c2cc3ccccc3s2)ccc1OCC(F)(F)F. The van der Waals surface area contributed by atoms with Crippen molar-refractivity contribution in [2.24, 2.45) is 0 Å². The van der Waals surface area contributed by atoms with Crippen molar-refractivity contribution in [2.75, 3.05) is 6.61 Å². The van der Waals surface area contributed by atoms with E-state index >= 15 is 0 Å². The van der Waals surface area contributed by atoms with Crippen molar-refractivity contribution >= 4 is 27.7 Å². The number of carbonyl (C=O) groups is 1. The Morgan fingerprint density at radius 3 is 2.57 bits per heavy atom. The summed E-state index contributed by atoms with van der Waals surface area (Å²) in [5, 5.41) is 1.08. The molecular formula is C17H11F3O2S. The van der Waals surface area contributed by atoms with Crippen LogP contribution in [0.5, 0.6) is 5.75 Å². The summed E-state index contributed by atoms with van der Waals surface area (Å²) in [4.78, 5) is 12.1. The van der Waals surface area contributed by atoms with Crippen LogP contribution in [0.4, 0.5) is 13.2 Å². The second kappa shape index (κ2) is 6.04. The number of thiophene rings is 1. The quantitative estimate of drug-likeness (QED) is 0.603. The van der Waals surface area contributed by atoms with Crippen molar-refractivity contribution in [3.05, 3.63) is 54.1 Å². The molecule has 0 unspecified atom stereocenters. The van der Waals surface area contributed by atoms with E-state index in [-0.39, 0.29) is 11.3 Å². The van der Waals surface area contributed by atoms with E-state index in [4.69, 9.17) is 0 Å². The molecule has 2 nitrogen and oxygen atoms in total. The lowest BCUT2D eigenvalue weighted by Crippen LogP contribution is -2.19. The molecule has 0 aliphatic rings. The van der Waals surface area contributed by atoms with E-state index in [1.165, 1.54) is 6.07 Å². The highest BCUT2D eigenvalue weighted by Crippen LogP contribution is 2.35. The number of ether oxygens (including phenoxy) is 1. The number of hydrogen-bond acceptors (Lipinski definition) is 3. The summed E-state index contributed by atoms with van der Waals surface area (Å²) >= 11 is 1.56. The predicted molar refractivity (Wildman–Crippen MR) is 84.2 cm³/mol. The van der Waals surface area contributed by atoms with E-state index in [9.17, 15) is 18.0 Å². The Morgan fingerprint density at radius 1 is 1.09 bits per heavy atom. The highest BCUT2D eigenvalue weighted by atomic mass is 32.1. The second-order valence-corrected chi connectivity index (χ2v) is 6.01. The number of fused-ring (bicyclic) bond motifs is 1. The molecule has 0 aliphatic heterocycles. The molecule has 3 aromatic rings. The van der Waals surface area contributed by atoms with Crippen LogP contribution in [0.25, 0.3) is 20.5 Å². The van der Waals surface area contributed by atoms with Crippen LogP contribution in [0, 0.1) is 0 Å². The Kier molecular flexibility index (Phi) is 4.09. The number of aldehydes is 1. The lowest BCUT2D eigenvalue weighted by atomic mass is 10.1. The van der Waals surface area contributed by atoms with Gasteiger partial charge in [0.2, 0.25) is 0 Å². The molecule has 0 N–H and O–H groups in total.